The molecule has 1 aliphatic heterocycles. The van der Waals surface area contributed by atoms with E-state index in [1.54, 1.807) is 17.2 Å². The molecular weight excluding hydrogens is 270 g/mol. The van der Waals surface area contributed by atoms with Crippen LogP contribution in [0.5, 0.6) is 0 Å². The van der Waals surface area contributed by atoms with Gasteiger partial charge in [-0.2, -0.15) is 0 Å². The van der Waals surface area contributed by atoms with Crippen molar-refractivity contribution >= 4 is 6.09 Å². The van der Waals surface area contributed by atoms with Crippen molar-refractivity contribution in [1.29, 1.82) is 0 Å². The Kier molecular flexibility index (Phi) is 4.77. The number of aliphatic hydroxyl groups excluding tert-OH is 1. The summed E-state index contributed by atoms with van der Waals surface area (Å²) in [6.07, 6.45) is 3.04. The van der Waals surface area contributed by atoms with E-state index in [9.17, 15) is 4.79 Å². The number of piperidine rings is 1. The van der Waals surface area contributed by atoms with Gasteiger partial charge in [-0.1, -0.05) is 0 Å². The lowest BCUT2D eigenvalue weighted by Gasteiger charge is -2.32. The summed E-state index contributed by atoms with van der Waals surface area (Å²) in [5, 5.41) is 9.12. The minimum absolute atomic E-state index is 0.0771. The van der Waals surface area contributed by atoms with Gasteiger partial charge >= 0.3 is 6.09 Å². The van der Waals surface area contributed by atoms with Gasteiger partial charge < -0.3 is 14.7 Å². The average Bonchev–Trinajstić information content (AvgIpc) is 2.46. The SMILES string of the molecule is CC(C)(C)OC(=O)N1CCC(c2nccc(CO)n2)CC1. The number of aromatic nitrogens is 2. The van der Waals surface area contributed by atoms with Crippen LogP contribution in [0.1, 0.15) is 51.0 Å². The first-order chi connectivity index (χ1) is 9.89. The van der Waals surface area contributed by atoms with Crippen LogP contribution in [0.4, 0.5) is 4.79 Å². The summed E-state index contributed by atoms with van der Waals surface area (Å²) in [7, 11) is 0. The van der Waals surface area contributed by atoms with Crippen LogP contribution in [0.2, 0.25) is 0 Å². The van der Waals surface area contributed by atoms with Crippen molar-refractivity contribution in [3.05, 3.63) is 23.8 Å². The molecule has 0 unspecified atom stereocenters. The van der Waals surface area contributed by atoms with Crippen LogP contribution in [0.15, 0.2) is 12.3 Å². The molecule has 2 rings (SSSR count). The van der Waals surface area contributed by atoms with E-state index < -0.39 is 5.60 Å². The van der Waals surface area contributed by atoms with Gasteiger partial charge in [0.05, 0.1) is 12.3 Å². The van der Waals surface area contributed by atoms with Crippen LogP contribution < -0.4 is 0 Å². The molecule has 6 nitrogen and oxygen atoms in total. The van der Waals surface area contributed by atoms with Gasteiger partial charge in [0.2, 0.25) is 0 Å². The summed E-state index contributed by atoms with van der Waals surface area (Å²) < 4.78 is 5.38. The van der Waals surface area contributed by atoms with Gasteiger partial charge in [-0.3, -0.25) is 0 Å². The molecule has 6 heteroatoms. The molecule has 2 heterocycles. The highest BCUT2D eigenvalue weighted by atomic mass is 16.6. The number of hydrogen-bond donors (Lipinski definition) is 1. The van der Waals surface area contributed by atoms with Crippen LogP contribution in [0.25, 0.3) is 0 Å². The first-order valence-electron chi connectivity index (χ1n) is 7.29. The summed E-state index contributed by atoms with van der Waals surface area (Å²) in [5.74, 6) is 0.987. The van der Waals surface area contributed by atoms with Crippen molar-refractivity contribution in [3.63, 3.8) is 0 Å². The van der Waals surface area contributed by atoms with Gasteiger partial charge in [-0.25, -0.2) is 14.8 Å². The fraction of sp³-hybridized carbons (Fsp3) is 0.667. The molecule has 1 fully saturated rings. The second kappa shape index (κ2) is 6.39. The molecule has 0 saturated carbocycles. The third kappa shape index (κ3) is 4.39. The number of carbonyl (C=O) groups excluding carboxylic acids is 1. The number of aliphatic hydroxyl groups is 1. The molecule has 1 aliphatic rings. The lowest BCUT2D eigenvalue weighted by Crippen LogP contribution is -2.41. The molecule has 1 aromatic rings. The first kappa shape index (κ1) is 15.7. The second-order valence-corrected chi connectivity index (χ2v) is 6.31. The molecule has 0 spiro atoms. The third-order valence-electron chi connectivity index (χ3n) is 3.41. The van der Waals surface area contributed by atoms with Crippen LogP contribution in [0.3, 0.4) is 0 Å². The number of hydrogen-bond acceptors (Lipinski definition) is 5. The molecule has 0 atom stereocenters. The Hall–Kier alpha value is -1.69. The summed E-state index contributed by atoms with van der Waals surface area (Å²) >= 11 is 0. The van der Waals surface area contributed by atoms with E-state index in [1.807, 2.05) is 20.8 Å². The predicted molar refractivity (Wildman–Crippen MR) is 77.7 cm³/mol. The molecule has 21 heavy (non-hydrogen) atoms. The Bertz CT molecular complexity index is 491. The standard InChI is InChI=1S/C15H23N3O3/c1-15(2,3)21-14(20)18-8-5-11(6-9-18)13-16-7-4-12(10-19)17-13/h4,7,11,19H,5-6,8-10H2,1-3H3. The fourth-order valence-electron chi connectivity index (χ4n) is 2.34. The van der Waals surface area contributed by atoms with Crippen molar-refractivity contribution in [1.82, 2.24) is 14.9 Å². The Balaban J connectivity index is 1.92. The number of ether oxygens (including phenoxy) is 1. The van der Waals surface area contributed by atoms with Gasteiger partial charge in [-0.05, 0) is 39.7 Å². The quantitative estimate of drug-likeness (QED) is 0.903. The number of carbonyl (C=O) groups is 1. The van der Waals surface area contributed by atoms with Crippen LogP contribution >= 0.6 is 0 Å². The van der Waals surface area contributed by atoms with E-state index in [0.717, 1.165) is 18.7 Å². The molecule has 0 bridgehead atoms. The van der Waals surface area contributed by atoms with Gasteiger partial charge in [0, 0.05) is 25.2 Å². The topological polar surface area (TPSA) is 75.5 Å². The Morgan fingerprint density at radius 2 is 2.10 bits per heavy atom. The maximum atomic E-state index is 12.0. The molecule has 1 amide bonds. The van der Waals surface area contributed by atoms with E-state index in [2.05, 4.69) is 9.97 Å². The summed E-state index contributed by atoms with van der Waals surface area (Å²) in [6.45, 7) is 6.81. The highest BCUT2D eigenvalue weighted by molar-refractivity contribution is 5.68. The van der Waals surface area contributed by atoms with Crippen molar-refractivity contribution in [2.24, 2.45) is 0 Å². The average molecular weight is 293 g/mol. The maximum Gasteiger partial charge on any atom is 0.410 e. The first-order valence-corrected chi connectivity index (χ1v) is 7.29. The second-order valence-electron chi connectivity index (χ2n) is 6.31. The van der Waals surface area contributed by atoms with Crippen molar-refractivity contribution < 1.29 is 14.6 Å². The molecule has 1 aromatic heterocycles. The summed E-state index contributed by atoms with van der Waals surface area (Å²) in [5.41, 5.74) is 0.168. The summed E-state index contributed by atoms with van der Waals surface area (Å²) in [4.78, 5) is 22.4. The number of amides is 1. The smallest absolute Gasteiger partial charge is 0.410 e. The normalized spacial score (nSPS) is 16.9. The molecule has 0 aliphatic carbocycles. The number of likely N-dealkylation sites (tertiary alicyclic amines) is 1. The van der Waals surface area contributed by atoms with Crippen molar-refractivity contribution in [3.8, 4) is 0 Å². The van der Waals surface area contributed by atoms with Gasteiger partial charge in [0.1, 0.15) is 11.4 Å². The lowest BCUT2D eigenvalue weighted by molar-refractivity contribution is 0.0203. The third-order valence-corrected chi connectivity index (χ3v) is 3.41. The minimum Gasteiger partial charge on any atom is -0.444 e. The highest BCUT2D eigenvalue weighted by Crippen LogP contribution is 2.26. The van der Waals surface area contributed by atoms with E-state index in [4.69, 9.17) is 9.84 Å². The number of nitrogens with zero attached hydrogens (tertiary/aromatic N) is 3. The zero-order valence-electron chi connectivity index (χ0n) is 12.9. The van der Waals surface area contributed by atoms with Gasteiger partial charge in [0.15, 0.2) is 0 Å². The molecular formula is C15H23N3O3. The molecule has 1 N–H and O–H groups in total. The molecule has 0 radical (unpaired) electrons. The molecule has 1 saturated heterocycles. The lowest BCUT2D eigenvalue weighted by atomic mass is 9.96. The van der Waals surface area contributed by atoms with E-state index in [1.165, 1.54) is 0 Å². The Labute approximate surface area is 125 Å². The fourth-order valence-corrected chi connectivity index (χ4v) is 2.34. The highest BCUT2D eigenvalue weighted by Gasteiger charge is 2.28. The largest absolute Gasteiger partial charge is 0.444 e. The molecule has 116 valence electrons. The maximum absolute atomic E-state index is 12.0. The number of rotatable bonds is 2. The van der Waals surface area contributed by atoms with E-state index in [-0.39, 0.29) is 18.6 Å². The zero-order valence-corrected chi connectivity index (χ0v) is 12.9. The van der Waals surface area contributed by atoms with E-state index >= 15 is 0 Å². The van der Waals surface area contributed by atoms with Crippen LogP contribution in [0, 0.1) is 0 Å². The van der Waals surface area contributed by atoms with E-state index in [0.29, 0.717) is 18.8 Å². The van der Waals surface area contributed by atoms with Gasteiger partial charge in [-0.15, -0.1) is 0 Å². The summed E-state index contributed by atoms with van der Waals surface area (Å²) in [6, 6.07) is 1.71. The van der Waals surface area contributed by atoms with Crippen molar-refractivity contribution in [2.45, 2.75) is 51.7 Å². The monoisotopic (exact) mass is 293 g/mol. The van der Waals surface area contributed by atoms with Crippen molar-refractivity contribution in [2.75, 3.05) is 13.1 Å². The van der Waals surface area contributed by atoms with Gasteiger partial charge in [0.25, 0.3) is 0 Å². The predicted octanol–water partition coefficient (Wildman–Crippen LogP) is 2.08. The Morgan fingerprint density at radius 1 is 1.43 bits per heavy atom. The minimum atomic E-state index is -0.466. The van der Waals surface area contributed by atoms with Crippen LogP contribution in [-0.2, 0) is 11.3 Å². The zero-order chi connectivity index (χ0) is 15.5. The molecule has 0 aromatic carbocycles. The Morgan fingerprint density at radius 3 is 2.67 bits per heavy atom. The van der Waals surface area contributed by atoms with Crippen LogP contribution in [-0.4, -0.2) is 44.8 Å².